The van der Waals surface area contributed by atoms with Crippen molar-refractivity contribution in [3.8, 4) is 0 Å². The second-order valence-electron chi connectivity index (χ2n) is 3.84. The molecule has 2 N–H and O–H groups in total. The predicted molar refractivity (Wildman–Crippen MR) is 67.1 cm³/mol. The quantitative estimate of drug-likeness (QED) is 0.632. The van der Waals surface area contributed by atoms with Crippen molar-refractivity contribution in [3.63, 3.8) is 0 Å². The van der Waals surface area contributed by atoms with Crippen LogP contribution < -0.4 is 5.73 Å². The lowest BCUT2D eigenvalue weighted by atomic mass is 10.3. The van der Waals surface area contributed by atoms with E-state index in [9.17, 15) is 17.2 Å². The van der Waals surface area contributed by atoms with E-state index in [4.69, 9.17) is 10.5 Å². The Balaban J connectivity index is 3.07. The van der Waals surface area contributed by atoms with Crippen molar-refractivity contribution in [2.24, 2.45) is 0 Å². The van der Waals surface area contributed by atoms with E-state index in [0.717, 1.165) is 16.4 Å². The van der Waals surface area contributed by atoms with Gasteiger partial charge in [-0.3, -0.25) is 0 Å². The van der Waals surface area contributed by atoms with Gasteiger partial charge in [0.15, 0.2) is 4.90 Å². The van der Waals surface area contributed by atoms with Crippen LogP contribution >= 0.6 is 0 Å². The number of likely N-dealkylation sites (N-methyl/N-ethyl adjacent to an activating group) is 1. The number of hydrogen-bond donors (Lipinski definition) is 1. The highest BCUT2D eigenvalue weighted by Crippen LogP contribution is 2.24. The molecule has 0 aromatic heterocycles. The third-order valence-corrected chi connectivity index (χ3v) is 4.35. The maximum absolute atomic E-state index is 13.6. The monoisotopic (exact) mass is 294 g/mol. The number of sulfonamides is 1. The topological polar surface area (TPSA) is 72.6 Å². The van der Waals surface area contributed by atoms with Crippen LogP contribution in [0.15, 0.2) is 17.0 Å². The average Bonchev–Trinajstić information content (AvgIpc) is 2.27. The van der Waals surface area contributed by atoms with Gasteiger partial charge in [0.2, 0.25) is 10.0 Å². The first kappa shape index (κ1) is 15.8. The Bertz CT molecular complexity index is 526. The molecule has 0 atom stereocenters. The molecule has 0 saturated heterocycles. The highest BCUT2D eigenvalue weighted by atomic mass is 32.2. The molecule has 19 heavy (non-hydrogen) atoms. The Hall–Kier alpha value is -1.25. The molecule has 0 saturated carbocycles. The smallest absolute Gasteiger partial charge is 0.248 e. The minimum absolute atomic E-state index is 0.000566. The van der Waals surface area contributed by atoms with Crippen LogP contribution in [0.3, 0.4) is 0 Å². The second kappa shape index (κ2) is 6.27. The lowest BCUT2D eigenvalue weighted by Crippen LogP contribution is -2.31. The Labute approximate surface area is 111 Å². The Morgan fingerprint density at radius 3 is 2.32 bits per heavy atom. The molecule has 1 aromatic carbocycles. The largest absolute Gasteiger partial charge is 0.399 e. The molecule has 0 radical (unpaired) electrons. The molecule has 1 aromatic rings. The van der Waals surface area contributed by atoms with Crippen LogP contribution in [0.4, 0.5) is 14.5 Å². The maximum Gasteiger partial charge on any atom is 0.248 e. The van der Waals surface area contributed by atoms with E-state index in [1.807, 2.05) is 0 Å². The van der Waals surface area contributed by atoms with Crippen LogP contribution in [0.1, 0.15) is 6.92 Å². The molecule has 0 unspecified atom stereocenters. The van der Waals surface area contributed by atoms with E-state index in [1.54, 1.807) is 6.92 Å². The number of nitrogen functional groups attached to an aromatic ring is 1. The number of rotatable bonds is 6. The van der Waals surface area contributed by atoms with Gasteiger partial charge in [0, 0.05) is 25.9 Å². The fourth-order valence-electron chi connectivity index (χ4n) is 1.44. The fraction of sp³-hybridized carbons (Fsp3) is 0.455. The zero-order valence-corrected chi connectivity index (χ0v) is 11.5. The van der Waals surface area contributed by atoms with Gasteiger partial charge in [0.05, 0.1) is 6.61 Å². The SMILES string of the molecule is CCOCCN(C)S(=O)(=O)c1c(F)cc(N)cc1F. The number of benzene rings is 1. The van der Waals surface area contributed by atoms with E-state index >= 15 is 0 Å². The molecule has 5 nitrogen and oxygen atoms in total. The van der Waals surface area contributed by atoms with Crippen LogP contribution in [0.25, 0.3) is 0 Å². The second-order valence-corrected chi connectivity index (χ2v) is 5.82. The highest BCUT2D eigenvalue weighted by molar-refractivity contribution is 7.89. The minimum atomic E-state index is -4.25. The number of nitrogens with two attached hydrogens (primary N) is 1. The van der Waals surface area contributed by atoms with Crippen molar-refractivity contribution >= 4 is 15.7 Å². The summed E-state index contributed by atoms with van der Waals surface area (Å²) < 4.78 is 57.1. The Morgan fingerprint density at radius 2 is 1.84 bits per heavy atom. The normalized spacial score (nSPS) is 12.1. The van der Waals surface area contributed by atoms with Crippen LogP contribution in [-0.2, 0) is 14.8 Å². The summed E-state index contributed by atoms with van der Waals surface area (Å²) in [6.07, 6.45) is 0. The lowest BCUT2D eigenvalue weighted by molar-refractivity contribution is 0.138. The molecule has 0 aliphatic rings. The van der Waals surface area contributed by atoms with Crippen LogP contribution in [0.2, 0.25) is 0 Å². The molecule has 0 spiro atoms. The standard InChI is InChI=1S/C11H16F2N2O3S/c1-3-18-5-4-15(2)19(16,17)11-9(12)6-8(14)7-10(11)13/h6-7H,3-5,14H2,1-2H3. The van der Waals surface area contributed by atoms with Crippen LogP contribution in [0.5, 0.6) is 0 Å². The van der Waals surface area contributed by atoms with E-state index in [1.165, 1.54) is 7.05 Å². The van der Waals surface area contributed by atoms with Gasteiger partial charge in [0.25, 0.3) is 0 Å². The predicted octanol–water partition coefficient (Wildman–Crippen LogP) is 1.20. The fourth-order valence-corrected chi connectivity index (χ4v) is 2.68. The molecule has 0 heterocycles. The van der Waals surface area contributed by atoms with Gasteiger partial charge in [-0.25, -0.2) is 17.2 Å². The molecular weight excluding hydrogens is 278 g/mol. The molecule has 108 valence electrons. The van der Waals surface area contributed by atoms with Gasteiger partial charge in [-0.1, -0.05) is 0 Å². The third kappa shape index (κ3) is 3.62. The van der Waals surface area contributed by atoms with E-state index in [2.05, 4.69) is 0 Å². The summed E-state index contributed by atoms with van der Waals surface area (Å²) in [5.41, 5.74) is 5.06. The Morgan fingerprint density at radius 1 is 1.32 bits per heavy atom. The molecule has 0 bridgehead atoms. The van der Waals surface area contributed by atoms with Gasteiger partial charge in [-0.15, -0.1) is 0 Å². The first-order valence-corrected chi connectivity index (χ1v) is 7.03. The number of hydrogen-bond acceptors (Lipinski definition) is 4. The molecule has 8 heteroatoms. The minimum Gasteiger partial charge on any atom is -0.399 e. The van der Waals surface area contributed by atoms with Gasteiger partial charge in [0.1, 0.15) is 11.6 Å². The van der Waals surface area contributed by atoms with Gasteiger partial charge >= 0.3 is 0 Å². The average molecular weight is 294 g/mol. The van der Waals surface area contributed by atoms with Crippen molar-refractivity contribution in [2.75, 3.05) is 32.5 Å². The summed E-state index contributed by atoms with van der Waals surface area (Å²) in [6, 6.07) is 1.54. The van der Waals surface area contributed by atoms with E-state index < -0.39 is 26.6 Å². The zero-order chi connectivity index (χ0) is 14.6. The van der Waals surface area contributed by atoms with E-state index in [-0.39, 0.29) is 18.8 Å². The molecule has 0 amide bonds. The first-order valence-electron chi connectivity index (χ1n) is 5.59. The molecule has 0 fully saturated rings. The van der Waals surface area contributed by atoms with Crippen molar-refractivity contribution < 1.29 is 21.9 Å². The van der Waals surface area contributed by atoms with Crippen molar-refractivity contribution in [3.05, 3.63) is 23.8 Å². The molecule has 1 rings (SSSR count). The van der Waals surface area contributed by atoms with E-state index in [0.29, 0.717) is 6.61 Å². The maximum atomic E-state index is 13.6. The summed E-state index contributed by atoms with van der Waals surface area (Å²) in [7, 11) is -3.02. The van der Waals surface area contributed by atoms with Crippen LogP contribution in [0, 0.1) is 11.6 Å². The van der Waals surface area contributed by atoms with Crippen molar-refractivity contribution in [1.29, 1.82) is 0 Å². The van der Waals surface area contributed by atoms with Gasteiger partial charge < -0.3 is 10.5 Å². The molecule has 0 aliphatic carbocycles. The summed E-state index contributed by atoms with van der Waals surface area (Å²) in [6.45, 7) is 2.33. The number of nitrogens with zero attached hydrogens (tertiary/aromatic N) is 1. The summed E-state index contributed by atoms with van der Waals surface area (Å²) in [4.78, 5) is -0.999. The Kier molecular flexibility index (Phi) is 5.21. The summed E-state index contributed by atoms with van der Waals surface area (Å²) in [5.74, 6) is -2.42. The highest BCUT2D eigenvalue weighted by Gasteiger charge is 2.28. The lowest BCUT2D eigenvalue weighted by Gasteiger charge is -2.18. The summed E-state index contributed by atoms with van der Waals surface area (Å²) in [5, 5.41) is 0. The number of anilines is 1. The van der Waals surface area contributed by atoms with Crippen LogP contribution in [-0.4, -0.2) is 39.5 Å². The zero-order valence-electron chi connectivity index (χ0n) is 10.7. The van der Waals surface area contributed by atoms with Gasteiger partial charge in [-0.05, 0) is 19.1 Å². The molecule has 0 aliphatic heterocycles. The first-order chi connectivity index (χ1) is 8.80. The third-order valence-electron chi connectivity index (χ3n) is 2.44. The van der Waals surface area contributed by atoms with Crippen molar-refractivity contribution in [2.45, 2.75) is 11.8 Å². The number of halogens is 2. The summed E-state index contributed by atoms with van der Waals surface area (Å²) >= 11 is 0. The molecular formula is C11H16F2N2O3S. The van der Waals surface area contributed by atoms with Gasteiger partial charge in [-0.2, -0.15) is 4.31 Å². The van der Waals surface area contributed by atoms with Crippen molar-refractivity contribution in [1.82, 2.24) is 4.31 Å². The number of ether oxygens (including phenoxy) is 1.